The van der Waals surface area contributed by atoms with E-state index in [2.05, 4.69) is 27.9 Å². The second-order valence-corrected chi connectivity index (χ2v) is 5.81. The van der Waals surface area contributed by atoms with E-state index >= 15 is 0 Å². The molecule has 0 rings (SSSR count). The van der Waals surface area contributed by atoms with Crippen molar-refractivity contribution in [3.05, 3.63) is 0 Å². The highest BCUT2D eigenvalue weighted by molar-refractivity contribution is 14.1. The third-order valence-corrected chi connectivity index (χ3v) is 1.21. The predicted octanol–water partition coefficient (Wildman–Crippen LogP) is 1.93. The molecular formula is C7H14INO. The number of carbonyl (C=O) groups is 1. The van der Waals surface area contributed by atoms with Gasteiger partial charge in [0, 0.05) is 5.92 Å². The first kappa shape index (κ1) is 10.2. The zero-order valence-corrected chi connectivity index (χ0v) is 9.02. The summed E-state index contributed by atoms with van der Waals surface area (Å²) in [4.78, 5) is 11.0. The van der Waals surface area contributed by atoms with Crippen molar-refractivity contribution in [2.75, 3.05) is 0 Å². The lowest BCUT2D eigenvalue weighted by molar-refractivity contribution is -0.124. The molecule has 1 amide bonds. The van der Waals surface area contributed by atoms with Gasteiger partial charge in [-0.15, -0.1) is 0 Å². The Bertz CT molecular complexity index is 126. The van der Waals surface area contributed by atoms with Crippen LogP contribution in [0.1, 0.15) is 27.7 Å². The van der Waals surface area contributed by atoms with E-state index in [4.69, 9.17) is 0 Å². The fraction of sp³-hybridized carbons (Fsp3) is 0.857. The molecule has 60 valence electrons. The second kappa shape index (κ2) is 3.55. The van der Waals surface area contributed by atoms with Crippen molar-refractivity contribution in [2.24, 2.45) is 5.92 Å². The molecule has 0 aromatic carbocycles. The molecule has 0 fully saturated rings. The quantitative estimate of drug-likeness (QED) is 0.456. The predicted molar refractivity (Wildman–Crippen MR) is 51.1 cm³/mol. The maximum atomic E-state index is 11.0. The van der Waals surface area contributed by atoms with E-state index < -0.39 is 0 Å². The van der Waals surface area contributed by atoms with Gasteiger partial charge in [0.25, 0.3) is 0 Å². The van der Waals surface area contributed by atoms with Crippen LogP contribution in [0.2, 0.25) is 0 Å². The summed E-state index contributed by atoms with van der Waals surface area (Å²) in [7, 11) is 0. The Morgan fingerprint density at radius 1 is 1.50 bits per heavy atom. The molecule has 0 saturated heterocycles. The van der Waals surface area contributed by atoms with E-state index in [-0.39, 0.29) is 15.4 Å². The van der Waals surface area contributed by atoms with Gasteiger partial charge in [0.1, 0.15) is 0 Å². The van der Waals surface area contributed by atoms with Crippen molar-refractivity contribution in [3.8, 4) is 0 Å². The summed E-state index contributed by atoms with van der Waals surface area (Å²) in [5.41, 5.74) is 0. The minimum atomic E-state index is -0.126. The van der Waals surface area contributed by atoms with Gasteiger partial charge >= 0.3 is 0 Å². The molecule has 0 aromatic heterocycles. The number of hydrogen-bond acceptors (Lipinski definition) is 1. The van der Waals surface area contributed by atoms with Crippen LogP contribution in [0.15, 0.2) is 0 Å². The molecule has 3 heteroatoms. The van der Waals surface area contributed by atoms with Crippen LogP contribution in [0, 0.1) is 5.92 Å². The first-order valence-corrected chi connectivity index (χ1v) is 4.42. The van der Waals surface area contributed by atoms with Gasteiger partial charge in [-0.2, -0.15) is 0 Å². The SMILES string of the molecule is CC(C)C(=O)NC(C)(C)I. The van der Waals surface area contributed by atoms with Crippen LogP contribution < -0.4 is 5.32 Å². The maximum Gasteiger partial charge on any atom is 0.223 e. The molecule has 0 aliphatic rings. The van der Waals surface area contributed by atoms with E-state index in [1.54, 1.807) is 0 Å². The van der Waals surface area contributed by atoms with Gasteiger partial charge < -0.3 is 5.32 Å². The van der Waals surface area contributed by atoms with Crippen molar-refractivity contribution in [2.45, 2.75) is 31.2 Å². The van der Waals surface area contributed by atoms with Gasteiger partial charge in [0.05, 0.1) is 3.55 Å². The van der Waals surface area contributed by atoms with Gasteiger partial charge in [0.15, 0.2) is 0 Å². The molecule has 10 heavy (non-hydrogen) atoms. The summed E-state index contributed by atoms with van der Waals surface area (Å²) < 4.78 is -0.126. The van der Waals surface area contributed by atoms with Crippen molar-refractivity contribution in [1.29, 1.82) is 0 Å². The van der Waals surface area contributed by atoms with Crippen LogP contribution >= 0.6 is 22.6 Å². The Balaban J connectivity index is 3.81. The molecule has 0 aliphatic heterocycles. The number of halogens is 1. The molecule has 0 bridgehead atoms. The number of rotatable bonds is 2. The Kier molecular flexibility index (Phi) is 3.62. The lowest BCUT2D eigenvalue weighted by Crippen LogP contribution is -2.40. The monoisotopic (exact) mass is 255 g/mol. The molecule has 0 spiro atoms. The van der Waals surface area contributed by atoms with Crippen LogP contribution in [0.5, 0.6) is 0 Å². The molecule has 0 aliphatic carbocycles. The second-order valence-electron chi connectivity index (χ2n) is 3.12. The summed E-state index contributed by atoms with van der Waals surface area (Å²) in [5.74, 6) is 0.188. The van der Waals surface area contributed by atoms with E-state index in [1.165, 1.54) is 0 Å². The lowest BCUT2D eigenvalue weighted by Gasteiger charge is -2.19. The largest absolute Gasteiger partial charge is 0.342 e. The number of nitrogens with one attached hydrogen (secondary N) is 1. The minimum Gasteiger partial charge on any atom is -0.342 e. The number of hydrogen-bond donors (Lipinski definition) is 1. The van der Waals surface area contributed by atoms with Crippen molar-refractivity contribution in [1.82, 2.24) is 5.32 Å². The molecule has 0 radical (unpaired) electrons. The normalized spacial score (nSPS) is 11.8. The van der Waals surface area contributed by atoms with Gasteiger partial charge in [0.2, 0.25) is 5.91 Å². The third kappa shape index (κ3) is 5.02. The summed E-state index contributed by atoms with van der Waals surface area (Å²) in [6, 6.07) is 0. The van der Waals surface area contributed by atoms with Crippen LogP contribution in [0.4, 0.5) is 0 Å². The molecule has 0 aromatic rings. The fourth-order valence-electron chi connectivity index (χ4n) is 0.437. The molecule has 0 unspecified atom stereocenters. The zero-order chi connectivity index (χ0) is 8.36. The zero-order valence-electron chi connectivity index (χ0n) is 6.86. The van der Waals surface area contributed by atoms with Gasteiger partial charge in [-0.25, -0.2) is 0 Å². The first-order valence-electron chi connectivity index (χ1n) is 3.34. The Labute approximate surface area is 75.9 Å². The van der Waals surface area contributed by atoms with Crippen LogP contribution in [-0.4, -0.2) is 9.45 Å². The lowest BCUT2D eigenvalue weighted by atomic mass is 10.2. The highest BCUT2D eigenvalue weighted by Crippen LogP contribution is 2.12. The smallest absolute Gasteiger partial charge is 0.223 e. The molecule has 0 heterocycles. The summed E-state index contributed by atoms with van der Waals surface area (Å²) in [5, 5.41) is 2.87. The number of amides is 1. The minimum absolute atomic E-state index is 0.0778. The third-order valence-electron chi connectivity index (χ3n) is 0.945. The Morgan fingerprint density at radius 2 is 1.90 bits per heavy atom. The van der Waals surface area contributed by atoms with Crippen molar-refractivity contribution >= 4 is 28.5 Å². The van der Waals surface area contributed by atoms with Crippen molar-refractivity contribution in [3.63, 3.8) is 0 Å². The fourth-order valence-corrected chi connectivity index (χ4v) is 0.703. The summed E-state index contributed by atoms with van der Waals surface area (Å²) >= 11 is 2.19. The van der Waals surface area contributed by atoms with E-state index in [9.17, 15) is 4.79 Å². The standard InChI is InChI=1S/C7H14INO/c1-5(2)6(10)9-7(3,4)8/h5H,1-4H3,(H,9,10). The van der Waals surface area contributed by atoms with E-state index in [1.807, 2.05) is 27.7 Å². The van der Waals surface area contributed by atoms with Crippen LogP contribution in [0.3, 0.4) is 0 Å². The van der Waals surface area contributed by atoms with Gasteiger partial charge in [-0.1, -0.05) is 36.4 Å². The molecular weight excluding hydrogens is 241 g/mol. The van der Waals surface area contributed by atoms with Crippen molar-refractivity contribution < 1.29 is 4.79 Å². The summed E-state index contributed by atoms with van der Waals surface area (Å²) in [6.07, 6.45) is 0. The topological polar surface area (TPSA) is 29.1 Å². The number of carbonyl (C=O) groups excluding carboxylic acids is 1. The summed E-state index contributed by atoms with van der Waals surface area (Å²) in [6.45, 7) is 7.71. The van der Waals surface area contributed by atoms with E-state index in [0.29, 0.717) is 0 Å². The highest BCUT2D eigenvalue weighted by Gasteiger charge is 2.16. The van der Waals surface area contributed by atoms with Gasteiger partial charge in [-0.3, -0.25) is 4.79 Å². The molecule has 0 atom stereocenters. The molecule has 2 nitrogen and oxygen atoms in total. The first-order chi connectivity index (χ1) is 4.33. The highest BCUT2D eigenvalue weighted by atomic mass is 127. The van der Waals surface area contributed by atoms with E-state index in [0.717, 1.165) is 0 Å². The number of alkyl halides is 1. The Morgan fingerprint density at radius 3 is 2.00 bits per heavy atom. The average molecular weight is 255 g/mol. The molecule has 0 saturated carbocycles. The van der Waals surface area contributed by atoms with Crippen LogP contribution in [0.25, 0.3) is 0 Å². The molecule has 1 N–H and O–H groups in total. The van der Waals surface area contributed by atoms with Gasteiger partial charge in [-0.05, 0) is 13.8 Å². The maximum absolute atomic E-state index is 11.0. The Hall–Kier alpha value is 0.200. The average Bonchev–Trinajstić information content (AvgIpc) is 1.60. The van der Waals surface area contributed by atoms with Crippen LogP contribution in [-0.2, 0) is 4.79 Å².